The molecule has 4 heteroatoms. The lowest BCUT2D eigenvalue weighted by Crippen LogP contribution is -2.52. The van der Waals surface area contributed by atoms with Gasteiger partial charge in [0.15, 0.2) is 0 Å². The molecule has 1 N–H and O–H groups in total. The number of aromatic nitrogens is 1. The number of nitrogens with one attached hydrogen (secondary N) is 1. The zero-order valence-electron chi connectivity index (χ0n) is 12.7. The van der Waals surface area contributed by atoms with E-state index in [2.05, 4.69) is 39.3 Å². The van der Waals surface area contributed by atoms with Crippen molar-refractivity contribution in [2.45, 2.75) is 31.8 Å². The van der Waals surface area contributed by atoms with Gasteiger partial charge in [0.2, 0.25) is 0 Å². The third-order valence-electron chi connectivity index (χ3n) is 4.92. The maximum Gasteiger partial charge on any atom is 0.125 e. The van der Waals surface area contributed by atoms with E-state index in [4.69, 9.17) is 0 Å². The molecule has 3 rings (SSSR count). The molecule has 1 aromatic rings. The Hall–Kier alpha value is -1.13. The lowest BCUT2D eigenvalue weighted by Gasteiger charge is -2.46. The van der Waals surface area contributed by atoms with Gasteiger partial charge >= 0.3 is 0 Å². The molecule has 2 aliphatic rings. The normalized spacial score (nSPS) is 28.1. The summed E-state index contributed by atoms with van der Waals surface area (Å²) in [6.07, 6.45) is 6.10. The van der Waals surface area contributed by atoms with Crippen molar-refractivity contribution in [3.8, 4) is 0 Å². The molecule has 2 atom stereocenters. The van der Waals surface area contributed by atoms with Gasteiger partial charge in [0, 0.05) is 32.4 Å². The van der Waals surface area contributed by atoms with Crippen LogP contribution in [0.2, 0.25) is 0 Å². The van der Waals surface area contributed by atoms with Gasteiger partial charge in [0.1, 0.15) is 5.82 Å². The molecular weight excluding hydrogens is 248 g/mol. The summed E-state index contributed by atoms with van der Waals surface area (Å²) in [4.78, 5) is 9.60. The smallest absolute Gasteiger partial charge is 0.125 e. The molecule has 0 amide bonds. The van der Waals surface area contributed by atoms with E-state index in [1.807, 2.05) is 13.2 Å². The minimum atomic E-state index is 0.824. The van der Waals surface area contributed by atoms with Crippen LogP contribution in [0.3, 0.4) is 0 Å². The largest absolute Gasteiger partial charge is 0.373 e. The number of nitrogens with zero attached hydrogens (tertiary/aromatic N) is 3. The molecule has 20 heavy (non-hydrogen) atoms. The van der Waals surface area contributed by atoms with Crippen molar-refractivity contribution in [2.24, 2.45) is 5.92 Å². The molecule has 0 spiro atoms. The molecule has 0 saturated carbocycles. The summed E-state index contributed by atoms with van der Waals surface area (Å²) in [5, 5.41) is 3.07. The summed E-state index contributed by atoms with van der Waals surface area (Å²) in [6.45, 7) is 4.81. The van der Waals surface area contributed by atoms with Crippen LogP contribution in [0.4, 0.5) is 5.82 Å². The van der Waals surface area contributed by atoms with Gasteiger partial charge in [-0.3, -0.25) is 4.90 Å². The van der Waals surface area contributed by atoms with Gasteiger partial charge in [-0.1, -0.05) is 6.07 Å². The van der Waals surface area contributed by atoms with Crippen LogP contribution in [0.1, 0.15) is 24.8 Å². The van der Waals surface area contributed by atoms with E-state index in [0.717, 1.165) is 24.3 Å². The lowest BCUT2D eigenvalue weighted by atomic mass is 9.84. The zero-order valence-corrected chi connectivity index (χ0v) is 12.7. The molecule has 2 unspecified atom stereocenters. The van der Waals surface area contributed by atoms with Gasteiger partial charge in [-0.25, -0.2) is 4.98 Å². The standard InChI is InChI=1S/C16H26N4/c1-17-16-6-5-13(10-18-16)11-20-9-7-15-14(12-20)4-3-8-19(15)2/h5-6,10,14-15H,3-4,7-9,11-12H2,1-2H3,(H,17,18). The van der Waals surface area contributed by atoms with Crippen LogP contribution in [-0.2, 0) is 6.54 Å². The quantitative estimate of drug-likeness (QED) is 0.914. The Morgan fingerprint density at radius 3 is 2.95 bits per heavy atom. The predicted molar refractivity (Wildman–Crippen MR) is 82.8 cm³/mol. The van der Waals surface area contributed by atoms with Crippen molar-refractivity contribution in [1.29, 1.82) is 0 Å². The second kappa shape index (κ2) is 6.10. The Morgan fingerprint density at radius 2 is 2.20 bits per heavy atom. The van der Waals surface area contributed by atoms with Crippen molar-refractivity contribution in [3.05, 3.63) is 23.9 Å². The lowest BCUT2D eigenvalue weighted by molar-refractivity contribution is 0.0354. The molecule has 2 aliphatic heterocycles. The zero-order chi connectivity index (χ0) is 13.9. The van der Waals surface area contributed by atoms with Crippen LogP contribution < -0.4 is 5.32 Å². The maximum absolute atomic E-state index is 4.41. The van der Waals surface area contributed by atoms with Crippen LogP contribution in [0.25, 0.3) is 0 Å². The summed E-state index contributed by atoms with van der Waals surface area (Å²) < 4.78 is 0. The summed E-state index contributed by atoms with van der Waals surface area (Å²) in [6, 6.07) is 5.08. The molecule has 3 heterocycles. The van der Waals surface area contributed by atoms with Crippen molar-refractivity contribution in [2.75, 3.05) is 39.0 Å². The SMILES string of the molecule is CNc1ccc(CN2CCC3C(CCCN3C)C2)cn1. The molecule has 110 valence electrons. The number of piperidine rings is 2. The van der Waals surface area contributed by atoms with Crippen LogP contribution in [0.15, 0.2) is 18.3 Å². The van der Waals surface area contributed by atoms with Crippen LogP contribution in [0.5, 0.6) is 0 Å². The van der Waals surface area contributed by atoms with E-state index in [9.17, 15) is 0 Å². The molecule has 0 bridgehead atoms. The van der Waals surface area contributed by atoms with E-state index in [1.165, 1.54) is 44.5 Å². The van der Waals surface area contributed by atoms with E-state index in [1.54, 1.807) is 0 Å². The Bertz CT molecular complexity index is 431. The predicted octanol–water partition coefficient (Wildman–Crippen LogP) is 2.04. The minimum absolute atomic E-state index is 0.824. The highest BCUT2D eigenvalue weighted by Crippen LogP contribution is 2.30. The van der Waals surface area contributed by atoms with Crippen LogP contribution in [-0.4, -0.2) is 54.6 Å². The topological polar surface area (TPSA) is 31.4 Å². The number of anilines is 1. The molecule has 2 fully saturated rings. The highest BCUT2D eigenvalue weighted by Gasteiger charge is 2.33. The van der Waals surface area contributed by atoms with Gasteiger partial charge in [-0.05, 0) is 56.9 Å². The highest BCUT2D eigenvalue weighted by molar-refractivity contribution is 5.34. The molecule has 4 nitrogen and oxygen atoms in total. The maximum atomic E-state index is 4.41. The molecular formula is C16H26N4. The molecule has 2 saturated heterocycles. The van der Waals surface area contributed by atoms with Gasteiger partial charge in [0.05, 0.1) is 0 Å². The molecule has 0 aliphatic carbocycles. The summed E-state index contributed by atoms with van der Waals surface area (Å²) in [7, 11) is 4.21. The Morgan fingerprint density at radius 1 is 1.30 bits per heavy atom. The fraction of sp³-hybridized carbons (Fsp3) is 0.688. The van der Waals surface area contributed by atoms with E-state index in [-0.39, 0.29) is 0 Å². The van der Waals surface area contributed by atoms with Crippen molar-refractivity contribution in [3.63, 3.8) is 0 Å². The number of pyridine rings is 1. The van der Waals surface area contributed by atoms with Crippen LogP contribution >= 0.6 is 0 Å². The van der Waals surface area contributed by atoms with Crippen molar-refractivity contribution >= 4 is 5.82 Å². The summed E-state index contributed by atoms with van der Waals surface area (Å²) >= 11 is 0. The number of hydrogen-bond acceptors (Lipinski definition) is 4. The van der Waals surface area contributed by atoms with E-state index < -0.39 is 0 Å². The van der Waals surface area contributed by atoms with Crippen molar-refractivity contribution < 1.29 is 0 Å². The van der Waals surface area contributed by atoms with Gasteiger partial charge in [-0.15, -0.1) is 0 Å². The first kappa shape index (κ1) is 13.8. The van der Waals surface area contributed by atoms with E-state index in [0.29, 0.717) is 0 Å². The molecule has 0 aromatic carbocycles. The number of fused-ring (bicyclic) bond motifs is 1. The first-order valence-corrected chi connectivity index (χ1v) is 7.81. The fourth-order valence-electron chi connectivity index (χ4n) is 3.80. The van der Waals surface area contributed by atoms with E-state index >= 15 is 0 Å². The number of likely N-dealkylation sites (tertiary alicyclic amines) is 2. The second-order valence-electron chi connectivity index (χ2n) is 6.28. The average molecular weight is 274 g/mol. The van der Waals surface area contributed by atoms with Gasteiger partial charge in [-0.2, -0.15) is 0 Å². The number of hydrogen-bond donors (Lipinski definition) is 1. The first-order valence-electron chi connectivity index (χ1n) is 7.81. The third kappa shape index (κ3) is 2.96. The summed E-state index contributed by atoms with van der Waals surface area (Å²) in [5.74, 6) is 1.81. The minimum Gasteiger partial charge on any atom is -0.373 e. The third-order valence-corrected chi connectivity index (χ3v) is 4.92. The summed E-state index contributed by atoms with van der Waals surface area (Å²) in [5.41, 5.74) is 1.33. The first-order chi connectivity index (χ1) is 9.76. The molecule has 1 aromatic heterocycles. The number of rotatable bonds is 3. The molecule has 0 radical (unpaired) electrons. The second-order valence-corrected chi connectivity index (χ2v) is 6.28. The monoisotopic (exact) mass is 274 g/mol. The highest BCUT2D eigenvalue weighted by atomic mass is 15.2. The Balaban J connectivity index is 1.58. The average Bonchev–Trinajstić information content (AvgIpc) is 2.48. The Labute approximate surface area is 122 Å². The van der Waals surface area contributed by atoms with Gasteiger partial charge in [0.25, 0.3) is 0 Å². The van der Waals surface area contributed by atoms with Gasteiger partial charge < -0.3 is 10.2 Å². The fourth-order valence-corrected chi connectivity index (χ4v) is 3.80. The van der Waals surface area contributed by atoms with Crippen LogP contribution in [0, 0.1) is 5.92 Å². The Kier molecular flexibility index (Phi) is 4.22. The van der Waals surface area contributed by atoms with Crippen molar-refractivity contribution in [1.82, 2.24) is 14.8 Å².